The molecule has 0 aliphatic rings. The predicted octanol–water partition coefficient (Wildman–Crippen LogP) is 0.621. The number of aliphatic hydroxyl groups is 1. The number of rotatable bonds is 7. The van der Waals surface area contributed by atoms with Gasteiger partial charge in [-0.05, 0) is 5.57 Å². The van der Waals surface area contributed by atoms with Crippen LogP contribution in [0.15, 0.2) is 37.0 Å². The molecule has 3 heteroatoms. The van der Waals surface area contributed by atoms with Crippen molar-refractivity contribution in [3.63, 3.8) is 0 Å². The van der Waals surface area contributed by atoms with Crippen LogP contribution in [-0.2, 0) is 4.74 Å². The number of nitrogens with two attached hydrogens (primary N) is 1. The van der Waals surface area contributed by atoms with Crippen LogP contribution in [0.4, 0.5) is 0 Å². The van der Waals surface area contributed by atoms with Gasteiger partial charge in [-0.1, -0.05) is 31.4 Å². The van der Waals surface area contributed by atoms with E-state index in [9.17, 15) is 0 Å². The number of hydrogen-bond donors (Lipinski definition) is 2. The van der Waals surface area contributed by atoms with Crippen molar-refractivity contribution in [3.05, 3.63) is 37.0 Å². The summed E-state index contributed by atoms with van der Waals surface area (Å²) in [5.41, 5.74) is 6.13. The summed E-state index contributed by atoms with van der Waals surface area (Å²) in [4.78, 5) is 0. The van der Waals surface area contributed by atoms with Crippen molar-refractivity contribution >= 4 is 0 Å². The van der Waals surface area contributed by atoms with Crippen molar-refractivity contribution in [1.82, 2.24) is 0 Å². The first-order valence-electron chi connectivity index (χ1n) is 4.14. The van der Waals surface area contributed by atoms with E-state index >= 15 is 0 Å². The molecule has 0 radical (unpaired) electrons. The minimum absolute atomic E-state index is 0.217. The van der Waals surface area contributed by atoms with Crippen molar-refractivity contribution in [2.24, 2.45) is 5.73 Å². The van der Waals surface area contributed by atoms with Crippen molar-refractivity contribution in [2.45, 2.75) is 6.10 Å². The van der Waals surface area contributed by atoms with E-state index in [0.717, 1.165) is 5.57 Å². The molecule has 3 nitrogen and oxygen atoms in total. The predicted molar refractivity (Wildman–Crippen MR) is 54.4 cm³/mol. The third kappa shape index (κ3) is 6.28. The van der Waals surface area contributed by atoms with Crippen LogP contribution in [0.3, 0.4) is 0 Å². The molecule has 0 aliphatic heterocycles. The van der Waals surface area contributed by atoms with Gasteiger partial charge in [0.1, 0.15) is 0 Å². The zero-order valence-electron chi connectivity index (χ0n) is 7.78. The minimum Gasteiger partial charge on any atom is -0.389 e. The van der Waals surface area contributed by atoms with E-state index in [1.165, 1.54) is 0 Å². The Balaban J connectivity index is 3.67. The van der Waals surface area contributed by atoms with Crippen molar-refractivity contribution in [3.8, 4) is 0 Å². The van der Waals surface area contributed by atoms with Gasteiger partial charge in [0.25, 0.3) is 0 Å². The molecule has 0 aliphatic carbocycles. The molecule has 74 valence electrons. The summed E-state index contributed by atoms with van der Waals surface area (Å²) >= 11 is 0. The highest BCUT2D eigenvalue weighted by atomic mass is 16.5. The van der Waals surface area contributed by atoms with Gasteiger partial charge in [0.15, 0.2) is 0 Å². The molecule has 0 saturated carbocycles. The first-order chi connectivity index (χ1) is 6.24. The maximum atomic E-state index is 9.06. The van der Waals surface area contributed by atoms with E-state index in [4.69, 9.17) is 15.6 Å². The van der Waals surface area contributed by atoms with Crippen LogP contribution < -0.4 is 5.73 Å². The Morgan fingerprint density at radius 2 is 2.23 bits per heavy atom. The average molecular weight is 183 g/mol. The Bertz CT molecular complexity index is 187. The van der Waals surface area contributed by atoms with Gasteiger partial charge >= 0.3 is 0 Å². The quantitative estimate of drug-likeness (QED) is 0.569. The van der Waals surface area contributed by atoms with Crippen LogP contribution in [0.2, 0.25) is 0 Å². The topological polar surface area (TPSA) is 55.5 Å². The third-order valence-corrected chi connectivity index (χ3v) is 1.45. The molecule has 0 amide bonds. The first-order valence-corrected chi connectivity index (χ1v) is 4.14. The molecule has 1 atom stereocenters. The number of ether oxygens (including phenoxy) is 1. The summed E-state index contributed by atoms with van der Waals surface area (Å²) in [6, 6.07) is 0. The molecule has 3 N–H and O–H groups in total. The van der Waals surface area contributed by atoms with Gasteiger partial charge in [-0.3, -0.25) is 0 Å². The first kappa shape index (κ1) is 12.1. The largest absolute Gasteiger partial charge is 0.389 e. The Kier molecular flexibility index (Phi) is 7.20. The zero-order valence-corrected chi connectivity index (χ0v) is 7.78. The summed E-state index contributed by atoms with van der Waals surface area (Å²) in [7, 11) is 0. The highest BCUT2D eigenvalue weighted by Gasteiger charge is 2.00. The maximum Gasteiger partial charge on any atom is 0.0895 e. The van der Waals surface area contributed by atoms with E-state index < -0.39 is 6.10 Å². The smallest absolute Gasteiger partial charge is 0.0895 e. The molecular formula is C10H17NO2. The van der Waals surface area contributed by atoms with Crippen LogP contribution in [0.25, 0.3) is 0 Å². The summed E-state index contributed by atoms with van der Waals surface area (Å²) < 4.78 is 5.17. The molecule has 0 aromatic carbocycles. The SMILES string of the molecule is C=C/C=C(\C=C)COCC(O)CN. The van der Waals surface area contributed by atoms with Gasteiger partial charge in [0.2, 0.25) is 0 Å². The standard InChI is InChI=1S/C10H17NO2/c1-3-5-9(4-2)7-13-8-10(12)6-11/h3-5,10,12H,1-2,6-8,11H2/b9-5+. The molecule has 13 heavy (non-hydrogen) atoms. The highest BCUT2D eigenvalue weighted by molar-refractivity contribution is 5.21. The summed E-state index contributed by atoms with van der Waals surface area (Å²) in [5, 5.41) is 9.06. The molecule has 0 bridgehead atoms. The fourth-order valence-electron chi connectivity index (χ4n) is 0.707. The van der Waals surface area contributed by atoms with E-state index in [2.05, 4.69) is 13.2 Å². The fraction of sp³-hybridized carbons (Fsp3) is 0.400. The maximum absolute atomic E-state index is 9.06. The second-order valence-corrected chi connectivity index (χ2v) is 2.59. The van der Waals surface area contributed by atoms with Crippen LogP contribution in [0, 0.1) is 0 Å². The van der Waals surface area contributed by atoms with Crippen molar-refractivity contribution in [1.29, 1.82) is 0 Å². The summed E-state index contributed by atoms with van der Waals surface area (Å²) in [5.74, 6) is 0. The molecule has 0 aromatic heterocycles. The lowest BCUT2D eigenvalue weighted by Gasteiger charge is -2.08. The monoisotopic (exact) mass is 183 g/mol. The molecule has 0 aromatic rings. The lowest BCUT2D eigenvalue weighted by Crippen LogP contribution is -2.25. The lowest BCUT2D eigenvalue weighted by atomic mass is 10.2. The molecule has 0 fully saturated rings. The van der Waals surface area contributed by atoms with Crippen LogP contribution in [0.1, 0.15) is 0 Å². The van der Waals surface area contributed by atoms with Gasteiger partial charge in [-0.2, -0.15) is 0 Å². The van der Waals surface area contributed by atoms with Crippen molar-refractivity contribution in [2.75, 3.05) is 19.8 Å². The highest BCUT2D eigenvalue weighted by Crippen LogP contribution is 1.97. The van der Waals surface area contributed by atoms with E-state index in [0.29, 0.717) is 6.61 Å². The summed E-state index contributed by atoms with van der Waals surface area (Å²) in [6.07, 6.45) is 4.58. The molecule has 0 rings (SSSR count). The Hall–Kier alpha value is -0.900. The molecule has 0 saturated heterocycles. The molecule has 0 spiro atoms. The van der Waals surface area contributed by atoms with Gasteiger partial charge < -0.3 is 15.6 Å². The van der Waals surface area contributed by atoms with Crippen LogP contribution >= 0.6 is 0 Å². The number of allylic oxidation sites excluding steroid dienone is 2. The molecule has 0 heterocycles. The average Bonchev–Trinajstić information content (AvgIpc) is 2.16. The third-order valence-electron chi connectivity index (χ3n) is 1.45. The lowest BCUT2D eigenvalue weighted by molar-refractivity contribution is 0.0524. The Morgan fingerprint density at radius 1 is 1.54 bits per heavy atom. The molecular weight excluding hydrogens is 166 g/mol. The van der Waals surface area contributed by atoms with Gasteiger partial charge in [0.05, 0.1) is 19.3 Å². The van der Waals surface area contributed by atoms with E-state index in [1.54, 1.807) is 12.2 Å². The number of aliphatic hydroxyl groups excluding tert-OH is 1. The minimum atomic E-state index is -0.588. The van der Waals surface area contributed by atoms with Gasteiger partial charge in [0, 0.05) is 6.54 Å². The van der Waals surface area contributed by atoms with Crippen LogP contribution in [-0.4, -0.2) is 31.0 Å². The second kappa shape index (κ2) is 7.73. The van der Waals surface area contributed by atoms with Gasteiger partial charge in [-0.15, -0.1) is 0 Å². The van der Waals surface area contributed by atoms with Crippen LogP contribution in [0.5, 0.6) is 0 Å². The fourth-order valence-corrected chi connectivity index (χ4v) is 0.707. The molecule has 1 unspecified atom stereocenters. The number of hydrogen-bond acceptors (Lipinski definition) is 3. The summed E-state index contributed by atoms with van der Waals surface area (Å²) in [6.45, 7) is 8.06. The Morgan fingerprint density at radius 3 is 2.69 bits per heavy atom. The van der Waals surface area contributed by atoms with Gasteiger partial charge in [-0.25, -0.2) is 0 Å². The Labute approximate surface area is 79.2 Å². The van der Waals surface area contributed by atoms with E-state index in [1.807, 2.05) is 6.08 Å². The van der Waals surface area contributed by atoms with Crippen molar-refractivity contribution < 1.29 is 9.84 Å². The zero-order chi connectivity index (χ0) is 10.1. The van der Waals surface area contributed by atoms with E-state index in [-0.39, 0.29) is 13.2 Å². The normalized spacial score (nSPS) is 13.8. The second-order valence-electron chi connectivity index (χ2n) is 2.59.